The fraction of sp³-hybridized carbons (Fsp3) is 0.278. The van der Waals surface area contributed by atoms with E-state index in [4.69, 9.17) is 14.2 Å². The van der Waals surface area contributed by atoms with Crippen LogP contribution in [-0.4, -0.2) is 17.7 Å². The lowest BCUT2D eigenvalue weighted by Gasteiger charge is -2.20. The number of benzene rings is 2. The largest absolute Gasteiger partial charge is 0.467 e. The first kappa shape index (κ1) is 16.9. The lowest BCUT2D eigenvalue weighted by Crippen LogP contribution is -2.15. The van der Waals surface area contributed by atoms with Crippen molar-refractivity contribution in [1.29, 1.82) is 0 Å². The van der Waals surface area contributed by atoms with Gasteiger partial charge < -0.3 is 14.2 Å². The van der Waals surface area contributed by atoms with Gasteiger partial charge in [0, 0.05) is 23.3 Å². The van der Waals surface area contributed by atoms with Crippen molar-refractivity contribution in [3.8, 4) is 5.75 Å². The molecular weight excluding hydrogens is 326 g/mol. The van der Waals surface area contributed by atoms with E-state index in [2.05, 4.69) is 0 Å². The molecule has 0 atom stereocenters. The van der Waals surface area contributed by atoms with E-state index in [0.717, 1.165) is 11.1 Å². The van der Waals surface area contributed by atoms with Crippen LogP contribution >= 0.6 is 0 Å². The minimum atomic E-state index is -0.496. The van der Waals surface area contributed by atoms with E-state index in [0.29, 0.717) is 22.4 Å². The summed E-state index contributed by atoms with van der Waals surface area (Å²) in [6, 6.07) is 8.20. The van der Waals surface area contributed by atoms with Crippen molar-refractivity contribution in [3.63, 3.8) is 0 Å². The van der Waals surface area contributed by atoms with E-state index in [1.54, 1.807) is 6.07 Å². The Morgan fingerprint density at radius 3 is 2.80 bits per heavy atom. The molecule has 0 N–H and O–H groups in total. The maximum absolute atomic E-state index is 12.3. The van der Waals surface area contributed by atoms with Gasteiger partial charge in [-0.1, -0.05) is 17.7 Å². The molecule has 0 aliphatic carbocycles. The van der Waals surface area contributed by atoms with Crippen LogP contribution in [0.15, 0.2) is 30.3 Å². The molecule has 3 rings (SSSR count). The van der Waals surface area contributed by atoms with Gasteiger partial charge in [-0.05, 0) is 25.5 Å². The molecule has 0 unspecified atom stereocenters. The van der Waals surface area contributed by atoms with Crippen molar-refractivity contribution in [1.82, 2.24) is 0 Å². The Labute approximate surface area is 144 Å². The number of carbonyl (C=O) groups excluding carboxylic acids is 1. The Morgan fingerprint density at radius 1 is 1.28 bits per heavy atom. The molecule has 25 heavy (non-hydrogen) atoms. The molecule has 0 aromatic heterocycles. The van der Waals surface area contributed by atoms with Gasteiger partial charge in [-0.2, -0.15) is 0 Å². The zero-order valence-corrected chi connectivity index (χ0v) is 13.9. The van der Waals surface area contributed by atoms with E-state index >= 15 is 0 Å². The van der Waals surface area contributed by atoms with Gasteiger partial charge in [-0.15, -0.1) is 0 Å². The number of rotatable bonds is 4. The van der Waals surface area contributed by atoms with E-state index in [1.807, 2.05) is 26.0 Å². The predicted molar refractivity (Wildman–Crippen MR) is 88.4 cm³/mol. The average Bonchev–Trinajstić information content (AvgIpc) is 2.59. The number of carbonyl (C=O) groups is 1. The maximum Gasteiger partial charge on any atom is 0.338 e. The number of nitro groups is 1. The van der Waals surface area contributed by atoms with Crippen molar-refractivity contribution in [2.24, 2.45) is 0 Å². The zero-order valence-electron chi connectivity index (χ0n) is 13.9. The van der Waals surface area contributed by atoms with Crippen LogP contribution in [0.4, 0.5) is 5.69 Å². The number of esters is 1. The van der Waals surface area contributed by atoms with Gasteiger partial charge in [0.2, 0.25) is 0 Å². The van der Waals surface area contributed by atoms with Gasteiger partial charge in [0.15, 0.2) is 6.79 Å². The normalized spacial score (nSPS) is 12.9. The molecule has 0 amide bonds. The third-order valence-electron chi connectivity index (χ3n) is 3.94. The Morgan fingerprint density at radius 2 is 2.08 bits per heavy atom. The van der Waals surface area contributed by atoms with Gasteiger partial charge in [0.1, 0.15) is 12.4 Å². The predicted octanol–water partition coefficient (Wildman–Crippen LogP) is 3.44. The summed E-state index contributed by atoms with van der Waals surface area (Å²) in [4.78, 5) is 22.9. The molecule has 0 saturated heterocycles. The molecule has 7 heteroatoms. The van der Waals surface area contributed by atoms with Crippen molar-refractivity contribution >= 4 is 11.7 Å². The number of fused-ring (bicyclic) bond motifs is 1. The van der Waals surface area contributed by atoms with E-state index < -0.39 is 10.9 Å². The minimum Gasteiger partial charge on any atom is -0.467 e. The highest BCUT2D eigenvalue weighted by molar-refractivity contribution is 5.91. The molecule has 0 spiro atoms. The Hall–Kier alpha value is -2.93. The lowest BCUT2D eigenvalue weighted by atomic mass is 10.1. The van der Waals surface area contributed by atoms with Gasteiger partial charge in [-0.3, -0.25) is 10.1 Å². The van der Waals surface area contributed by atoms with Crippen molar-refractivity contribution in [3.05, 3.63) is 68.3 Å². The highest BCUT2D eigenvalue weighted by Gasteiger charge is 2.22. The quantitative estimate of drug-likeness (QED) is 0.480. The highest BCUT2D eigenvalue weighted by atomic mass is 16.7. The molecular formula is C18H17NO6. The second kappa shape index (κ2) is 6.90. The summed E-state index contributed by atoms with van der Waals surface area (Å²) < 4.78 is 15.9. The third kappa shape index (κ3) is 3.61. The van der Waals surface area contributed by atoms with Gasteiger partial charge in [0.25, 0.3) is 5.69 Å². The Bertz CT molecular complexity index is 846. The van der Waals surface area contributed by atoms with Crippen LogP contribution in [0.1, 0.15) is 32.6 Å². The average molecular weight is 343 g/mol. The second-order valence-corrected chi connectivity index (χ2v) is 5.86. The SMILES string of the molecule is Cc1ccc(C(=O)OCc2cc([N+](=O)[O-])cc3c2OCOC3)c(C)c1. The first-order valence-corrected chi connectivity index (χ1v) is 7.71. The van der Waals surface area contributed by atoms with E-state index in [1.165, 1.54) is 12.1 Å². The number of non-ortho nitro benzene ring substituents is 1. The van der Waals surface area contributed by atoms with Gasteiger partial charge in [-0.25, -0.2) is 4.79 Å². The van der Waals surface area contributed by atoms with Crippen LogP contribution in [0, 0.1) is 24.0 Å². The van der Waals surface area contributed by atoms with Crippen LogP contribution < -0.4 is 4.74 Å². The zero-order chi connectivity index (χ0) is 18.0. The van der Waals surface area contributed by atoms with Crippen LogP contribution in [0.5, 0.6) is 5.75 Å². The number of nitro benzene ring substituents is 1. The maximum atomic E-state index is 12.3. The summed E-state index contributed by atoms with van der Waals surface area (Å²) in [5.74, 6) is -0.00454. The molecule has 0 radical (unpaired) electrons. The van der Waals surface area contributed by atoms with Crippen molar-refractivity contribution < 1.29 is 23.9 Å². The Kier molecular flexibility index (Phi) is 4.67. The molecule has 2 aromatic rings. The molecule has 0 fully saturated rings. The van der Waals surface area contributed by atoms with E-state index in [-0.39, 0.29) is 25.7 Å². The molecule has 0 bridgehead atoms. The van der Waals surface area contributed by atoms with Gasteiger partial charge >= 0.3 is 5.97 Å². The molecule has 2 aromatic carbocycles. The summed E-state index contributed by atoms with van der Waals surface area (Å²) in [5.41, 5.74) is 3.26. The van der Waals surface area contributed by atoms with E-state index in [9.17, 15) is 14.9 Å². The summed E-state index contributed by atoms with van der Waals surface area (Å²) in [7, 11) is 0. The molecule has 130 valence electrons. The standard InChI is InChI=1S/C18H17NO6/c1-11-3-4-16(12(2)5-11)18(20)24-9-14-7-15(19(21)22)6-13-8-23-10-25-17(13)14/h3-7H,8-10H2,1-2H3. The topological polar surface area (TPSA) is 87.9 Å². The van der Waals surface area contributed by atoms with Gasteiger partial charge in [0.05, 0.1) is 17.1 Å². The summed E-state index contributed by atoms with van der Waals surface area (Å²) in [6.45, 7) is 3.93. The molecule has 1 aliphatic rings. The number of nitrogens with zero attached hydrogens (tertiary/aromatic N) is 1. The highest BCUT2D eigenvalue weighted by Crippen LogP contribution is 2.33. The van der Waals surface area contributed by atoms with Crippen LogP contribution in [0.2, 0.25) is 0 Å². The minimum absolute atomic E-state index is 0.0584. The third-order valence-corrected chi connectivity index (χ3v) is 3.94. The molecule has 1 heterocycles. The monoisotopic (exact) mass is 343 g/mol. The van der Waals surface area contributed by atoms with Crippen LogP contribution in [0.3, 0.4) is 0 Å². The number of ether oxygens (including phenoxy) is 3. The number of aryl methyl sites for hydroxylation is 2. The van der Waals surface area contributed by atoms with Crippen LogP contribution in [0.25, 0.3) is 0 Å². The number of hydrogen-bond acceptors (Lipinski definition) is 6. The first-order chi connectivity index (χ1) is 12.0. The number of hydrogen-bond donors (Lipinski definition) is 0. The van der Waals surface area contributed by atoms with Crippen LogP contribution in [-0.2, 0) is 22.7 Å². The lowest BCUT2D eigenvalue weighted by molar-refractivity contribution is -0.385. The van der Waals surface area contributed by atoms with Crippen molar-refractivity contribution in [2.75, 3.05) is 6.79 Å². The summed E-state index contributed by atoms with van der Waals surface area (Å²) in [6.07, 6.45) is 0. The first-order valence-electron chi connectivity index (χ1n) is 7.71. The molecule has 7 nitrogen and oxygen atoms in total. The van der Waals surface area contributed by atoms with Crippen molar-refractivity contribution in [2.45, 2.75) is 27.1 Å². The summed E-state index contributed by atoms with van der Waals surface area (Å²) in [5, 5.41) is 11.1. The molecule has 1 aliphatic heterocycles. The fourth-order valence-corrected chi connectivity index (χ4v) is 2.76. The summed E-state index contributed by atoms with van der Waals surface area (Å²) >= 11 is 0. The fourth-order valence-electron chi connectivity index (χ4n) is 2.76. The second-order valence-electron chi connectivity index (χ2n) is 5.86. The smallest absolute Gasteiger partial charge is 0.338 e. The molecule has 0 saturated carbocycles. The Balaban J connectivity index is 1.83.